The second kappa shape index (κ2) is 7.34. The summed E-state index contributed by atoms with van der Waals surface area (Å²) in [5, 5.41) is 22.4. The number of hydrogen-bond donors (Lipinski definition) is 2. The van der Waals surface area contributed by atoms with Gasteiger partial charge in [-0.1, -0.05) is 6.92 Å². The quantitative estimate of drug-likeness (QED) is 0.547. The monoisotopic (exact) mass is 317 g/mol. The van der Waals surface area contributed by atoms with Gasteiger partial charge in [-0.15, -0.1) is 0 Å². The van der Waals surface area contributed by atoms with Crippen molar-refractivity contribution in [3.8, 4) is 0 Å². The third kappa shape index (κ3) is 3.90. The van der Waals surface area contributed by atoms with E-state index in [1.807, 2.05) is 6.92 Å². The Kier molecular flexibility index (Phi) is 6.06. The maximum Gasteiger partial charge on any atom is 0.271 e. The summed E-state index contributed by atoms with van der Waals surface area (Å²) in [5.74, 6) is 0. The number of non-ortho nitro benzene ring substituents is 1. The number of anilines is 1. The van der Waals surface area contributed by atoms with Gasteiger partial charge >= 0.3 is 0 Å². The lowest BCUT2D eigenvalue weighted by atomic mass is 10.3. The standard InChI is InChI=1S/C12H19N3O5S/c1-3-6-14(7-8-16)21(19,20)12-5-4-10(15(17)18)9-11(12)13-2/h4-5,9,13,16H,3,6-8H2,1-2H3. The molecule has 1 rings (SSSR count). The highest BCUT2D eigenvalue weighted by Crippen LogP contribution is 2.28. The van der Waals surface area contributed by atoms with E-state index in [1.165, 1.54) is 19.2 Å². The molecular formula is C12H19N3O5S. The van der Waals surface area contributed by atoms with E-state index in [0.29, 0.717) is 6.42 Å². The predicted molar refractivity (Wildman–Crippen MR) is 78.8 cm³/mol. The molecule has 2 N–H and O–H groups in total. The van der Waals surface area contributed by atoms with Gasteiger partial charge in [0.15, 0.2) is 0 Å². The van der Waals surface area contributed by atoms with Crippen LogP contribution in [-0.4, -0.2) is 49.5 Å². The van der Waals surface area contributed by atoms with Crippen molar-refractivity contribution in [1.29, 1.82) is 0 Å². The van der Waals surface area contributed by atoms with Crippen molar-refractivity contribution >= 4 is 21.4 Å². The summed E-state index contributed by atoms with van der Waals surface area (Å²) in [6.07, 6.45) is 0.598. The fourth-order valence-electron chi connectivity index (χ4n) is 1.90. The number of rotatable bonds is 8. The molecular weight excluding hydrogens is 298 g/mol. The third-order valence-electron chi connectivity index (χ3n) is 2.88. The van der Waals surface area contributed by atoms with Crippen molar-refractivity contribution in [3.05, 3.63) is 28.3 Å². The molecule has 0 aliphatic carbocycles. The molecule has 0 aromatic heterocycles. The highest BCUT2D eigenvalue weighted by molar-refractivity contribution is 7.89. The molecule has 0 spiro atoms. The number of aliphatic hydroxyl groups is 1. The van der Waals surface area contributed by atoms with E-state index in [0.717, 1.165) is 10.4 Å². The topological polar surface area (TPSA) is 113 Å². The number of nitrogens with zero attached hydrogens (tertiary/aromatic N) is 2. The van der Waals surface area contributed by atoms with Crippen LogP contribution in [0.15, 0.2) is 23.1 Å². The van der Waals surface area contributed by atoms with Crippen molar-refractivity contribution in [1.82, 2.24) is 4.31 Å². The summed E-state index contributed by atoms with van der Waals surface area (Å²) in [6.45, 7) is 1.79. The van der Waals surface area contributed by atoms with Gasteiger partial charge in [0.2, 0.25) is 10.0 Å². The molecule has 0 heterocycles. The normalized spacial score (nSPS) is 11.6. The van der Waals surface area contributed by atoms with Gasteiger partial charge in [-0.05, 0) is 12.5 Å². The van der Waals surface area contributed by atoms with Gasteiger partial charge in [-0.2, -0.15) is 4.31 Å². The number of nitro benzene ring substituents is 1. The molecule has 0 atom stereocenters. The summed E-state index contributed by atoms with van der Waals surface area (Å²) < 4.78 is 26.3. The third-order valence-corrected chi connectivity index (χ3v) is 4.84. The molecule has 118 valence electrons. The van der Waals surface area contributed by atoms with E-state index < -0.39 is 14.9 Å². The molecule has 0 radical (unpaired) electrons. The van der Waals surface area contributed by atoms with E-state index in [4.69, 9.17) is 5.11 Å². The zero-order chi connectivity index (χ0) is 16.0. The average Bonchev–Trinajstić information content (AvgIpc) is 2.46. The second-order valence-corrected chi connectivity index (χ2v) is 6.22. The molecule has 0 amide bonds. The van der Waals surface area contributed by atoms with E-state index in [2.05, 4.69) is 5.32 Å². The number of sulfonamides is 1. The van der Waals surface area contributed by atoms with E-state index in [-0.39, 0.29) is 36.0 Å². The lowest BCUT2D eigenvalue weighted by Gasteiger charge is -2.22. The first-order chi connectivity index (χ1) is 9.88. The van der Waals surface area contributed by atoms with E-state index in [1.54, 1.807) is 0 Å². The summed E-state index contributed by atoms with van der Waals surface area (Å²) in [7, 11) is -2.33. The second-order valence-electron chi connectivity index (χ2n) is 4.32. The smallest absolute Gasteiger partial charge is 0.271 e. The Labute approximate surface area is 123 Å². The predicted octanol–water partition coefficient (Wildman–Crippen LogP) is 1.03. The Hall–Kier alpha value is -1.71. The molecule has 0 unspecified atom stereocenters. The number of hydrogen-bond acceptors (Lipinski definition) is 6. The first-order valence-corrected chi connectivity index (χ1v) is 7.89. The molecule has 0 fully saturated rings. The van der Waals surface area contributed by atoms with Crippen LogP contribution in [0.4, 0.5) is 11.4 Å². The minimum Gasteiger partial charge on any atom is -0.395 e. The van der Waals surface area contributed by atoms with Crippen molar-refractivity contribution in [2.45, 2.75) is 18.2 Å². The van der Waals surface area contributed by atoms with Gasteiger partial charge in [0.05, 0.1) is 17.2 Å². The van der Waals surface area contributed by atoms with Crippen molar-refractivity contribution in [3.63, 3.8) is 0 Å². The van der Waals surface area contributed by atoms with Crippen LogP contribution >= 0.6 is 0 Å². The van der Waals surface area contributed by atoms with Crippen molar-refractivity contribution in [2.24, 2.45) is 0 Å². The lowest BCUT2D eigenvalue weighted by molar-refractivity contribution is -0.384. The van der Waals surface area contributed by atoms with Gasteiger partial charge in [0.25, 0.3) is 5.69 Å². The van der Waals surface area contributed by atoms with Crippen LogP contribution in [0, 0.1) is 10.1 Å². The fraction of sp³-hybridized carbons (Fsp3) is 0.500. The minimum absolute atomic E-state index is 0.0175. The maximum absolute atomic E-state index is 12.6. The minimum atomic E-state index is -3.82. The van der Waals surface area contributed by atoms with Crippen LogP contribution in [0.25, 0.3) is 0 Å². The van der Waals surface area contributed by atoms with Crippen LogP contribution < -0.4 is 5.32 Å². The van der Waals surface area contributed by atoms with Crippen molar-refractivity contribution < 1.29 is 18.4 Å². The Morgan fingerprint density at radius 2 is 2.05 bits per heavy atom. The molecule has 1 aromatic carbocycles. The van der Waals surface area contributed by atoms with Crippen LogP contribution in [0.1, 0.15) is 13.3 Å². The van der Waals surface area contributed by atoms with E-state index in [9.17, 15) is 18.5 Å². The van der Waals surface area contributed by atoms with Gasteiger partial charge in [-0.3, -0.25) is 10.1 Å². The fourth-order valence-corrected chi connectivity index (χ4v) is 3.61. The molecule has 0 saturated heterocycles. The molecule has 1 aromatic rings. The number of aliphatic hydroxyl groups excluding tert-OH is 1. The number of nitrogens with one attached hydrogen (secondary N) is 1. The Balaban J connectivity index is 3.32. The number of benzene rings is 1. The molecule has 0 aliphatic rings. The Bertz CT molecular complexity index is 597. The lowest BCUT2D eigenvalue weighted by Crippen LogP contribution is -2.34. The zero-order valence-electron chi connectivity index (χ0n) is 11.9. The molecule has 0 saturated carbocycles. The Morgan fingerprint density at radius 1 is 1.38 bits per heavy atom. The summed E-state index contributed by atoms with van der Waals surface area (Å²) >= 11 is 0. The van der Waals surface area contributed by atoms with Crippen LogP contribution in [0.3, 0.4) is 0 Å². The SMILES string of the molecule is CCCN(CCO)S(=O)(=O)c1ccc([N+](=O)[O-])cc1NC. The molecule has 0 bridgehead atoms. The first kappa shape index (κ1) is 17.3. The van der Waals surface area contributed by atoms with E-state index >= 15 is 0 Å². The van der Waals surface area contributed by atoms with Gasteiger partial charge < -0.3 is 10.4 Å². The largest absolute Gasteiger partial charge is 0.395 e. The molecule has 9 heteroatoms. The van der Waals surface area contributed by atoms with Crippen LogP contribution in [-0.2, 0) is 10.0 Å². The highest BCUT2D eigenvalue weighted by Gasteiger charge is 2.27. The highest BCUT2D eigenvalue weighted by atomic mass is 32.2. The van der Waals surface area contributed by atoms with Gasteiger partial charge in [0.1, 0.15) is 4.90 Å². The number of nitro groups is 1. The van der Waals surface area contributed by atoms with Crippen molar-refractivity contribution in [2.75, 3.05) is 32.1 Å². The zero-order valence-corrected chi connectivity index (χ0v) is 12.8. The average molecular weight is 317 g/mol. The molecule has 21 heavy (non-hydrogen) atoms. The summed E-state index contributed by atoms with van der Waals surface area (Å²) in [6, 6.07) is 3.53. The summed E-state index contributed by atoms with van der Waals surface area (Å²) in [5.41, 5.74) is -0.0363. The first-order valence-electron chi connectivity index (χ1n) is 6.45. The molecule has 8 nitrogen and oxygen atoms in total. The van der Waals surface area contributed by atoms with Gasteiger partial charge in [0, 0.05) is 32.3 Å². The summed E-state index contributed by atoms with van der Waals surface area (Å²) in [4.78, 5) is 10.1. The van der Waals surface area contributed by atoms with Crippen LogP contribution in [0.2, 0.25) is 0 Å². The Morgan fingerprint density at radius 3 is 2.52 bits per heavy atom. The maximum atomic E-state index is 12.6. The van der Waals surface area contributed by atoms with Crippen LogP contribution in [0.5, 0.6) is 0 Å². The van der Waals surface area contributed by atoms with Gasteiger partial charge in [-0.25, -0.2) is 8.42 Å². The molecule has 0 aliphatic heterocycles.